The molecule has 0 aliphatic carbocycles. The van der Waals surface area contributed by atoms with Gasteiger partial charge in [0.05, 0.1) is 0 Å². The summed E-state index contributed by atoms with van der Waals surface area (Å²) in [5.74, 6) is 5.15. The number of amides is 1. The average molecular weight is 183 g/mol. The van der Waals surface area contributed by atoms with Crippen molar-refractivity contribution in [1.29, 1.82) is 0 Å². The molecule has 1 aromatic rings. The number of carbonyl (C=O) groups is 1. The summed E-state index contributed by atoms with van der Waals surface area (Å²) < 4.78 is 0. The molecular formula is C8H13N3O2. The number of nitrogens with two attached hydrogens (primary N) is 1. The van der Waals surface area contributed by atoms with Crippen LogP contribution in [0.25, 0.3) is 0 Å². The molecule has 0 heterocycles. The van der Waals surface area contributed by atoms with Crippen molar-refractivity contribution < 1.29 is 9.90 Å². The molecule has 5 heteroatoms. The van der Waals surface area contributed by atoms with E-state index in [1.165, 1.54) is 0 Å². The molecule has 1 aromatic carbocycles. The van der Waals surface area contributed by atoms with E-state index in [9.17, 15) is 4.79 Å². The summed E-state index contributed by atoms with van der Waals surface area (Å²) in [5, 5.41) is 9.45. The summed E-state index contributed by atoms with van der Waals surface area (Å²) in [5.41, 5.74) is 2.36. The van der Waals surface area contributed by atoms with E-state index in [0.29, 0.717) is 12.2 Å². The van der Waals surface area contributed by atoms with E-state index in [2.05, 4.69) is 5.43 Å². The third-order valence-electron chi connectivity index (χ3n) is 1.13. The lowest BCUT2D eigenvalue weighted by molar-refractivity contribution is -0.120. The van der Waals surface area contributed by atoms with Gasteiger partial charge in [0.1, 0.15) is 5.75 Å². The van der Waals surface area contributed by atoms with E-state index in [-0.39, 0.29) is 0 Å². The number of hydrogen-bond acceptors (Lipinski definition) is 4. The number of phenols is 1. The van der Waals surface area contributed by atoms with E-state index >= 15 is 0 Å². The molecule has 0 aliphatic rings. The van der Waals surface area contributed by atoms with Gasteiger partial charge in [0, 0.05) is 7.05 Å². The normalized spacial score (nSPS) is 8.15. The second-order valence-electron chi connectivity index (χ2n) is 2.07. The fourth-order valence-corrected chi connectivity index (χ4v) is 0.481. The standard InChI is InChI=1S/C6H6O.C2H7N3O/c7-6-4-2-1-3-5-6;1-4-5(3)2-6/h1-5,7H;2,4H,3H2,1H3. The van der Waals surface area contributed by atoms with Crippen LogP contribution in [0.4, 0.5) is 0 Å². The van der Waals surface area contributed by atoms with Crippen LogP contribution >= 0.6 is 0 Å². The Hall–Kier alpha value is -1.59. The number of rotatable bonds is 2. The molecule has 0 saturated carbocycles. The molecule has 0 aliphatic heterocycles. The SMILES string of the molecule is CNN(N)C=O.Oc1ccccc1. The van der Waals surface area contributed by atoms with E-state index in [0.717, 1.165) is 5.12 Å². The highest BCUT2D eigenvalue weighted by Gasteiger charge is 1.77. The van der Waals surface area contributed by atoms with Crippen LogP contribution in [0.15, 0.2) is 30.3 Å². The molecule has 0 radical (unpaired) electrons. The van der Waals surface area contributed by atoms with Crippen molar-refractivity contribution in [3.63, 3.8) is 0 Å². The summed E-state index contributed by atoms with van der Waals surface area (Å²) in [6.45, 7) is 0. The second-order valence-corrected chi connectivity index (χ2v) is 2.07. The first-order valence-corrected chi connectivity index (χ1v) is 3.61. The summed E-state index contributed by atoms with van der Waals surface area (Å²) in [6.07, 6.45) is 0.472. The molecule has 0 aromatic heterocycles. The number of phenolic OH excluding ortho intramolecular Hbond substituents is 1. The minimum atomic E-state index is 0.322. The van der Waals surface area contributed by atoms with E-state index in [4.69, 9.17) is 10.9 Å². The van der Waals surface area contributed by atoms with Crippen LogP contribution < -0.4 is 11.3 Å². The second kappa shape index (κ2) is 7.08. The van der Waals surface area contributed by atoms with Gasteiger partial charge in [0.2, 0.25) is 6.41 Å². The first kappa shape index (κ1) is 11.4. The zero-order valence-electron chi connectivity index (χ0n) is 7.34. The molecule has 13 heavy (non-hydrogen) atoms. The molecule has 72 valence electrons. The van der Waals surface area contributed by atoms with Crippen LogP contribution in [0.2, 0.25) is 0 Å². The number of nitrogens with zero attached hydrogens (tertiary/aromatic N) is 1. The minimum Gasteiger partial charge on any atom is -0.508 e. The van der Waals surface area contributed by atoms with Crippen LogP contribution in [-0.4, -0.2) is 23.7 Å². The number of aromatic hydroxyl groups is 1. The summed E-state index contributed by atoms with van der Waals surface area (Å²) in [6, 6.07) is 8.71. The Bertz CT molecular complexity index is 228. The van der Waals surface area contributed by atoms with E-state index in [1.54, 1.807) is 31.3 Å². The number of carbonyl (C=O) groups excluding carboxylic acids is 1. The van der Waals surface area contributed by atoms with Gasteiger partial charge in [0.15, 0.2) is 0 Å². The Morgan fingerprint density at radius 3 is 2.15 bits per heavy atom. The van der Waals surface area contributed by atoms with Gasteiger partial charge in [-0.15, -0.1) is 0 Å². The minimum absolute atomic E-state index is 0.322. The molecule has 0 fully saturated rings. The molecule has 4 N–H and O–H groups in total. The molecule has 0 bridgehead atoms. The topological polar surface area (TPSA) is 78.6 Å². The molecular weight excluding hydrogens is 170 g/mol. The van der Waals surface area contributed by atoms with Gasteiger partial charge in [-0.2, -0.15) is 0 Å². The summed E-state index contributed by atoms with van der Waals surface area (Å²) >= 11 is 0. The molecule has 0 unspecified atom stereocenters. The highest BCUT2D eigenvalue weighted by atomic mass is 16.3. The Balaban J connectivity index is 0.000000226. The van der Waals surface area contributed by atoms with Gasteiger partial charge in [0.25, 0.3) is 0 Å². The zero-order valence-corrected chi connectivity index (χ0v) is 7.34. The lowest BCUT2D eigenvalue weighted by Gasteiger charge is -2.03. The van der Waals surface area contributed by atoms with Crippen molar-refractivity contribution in [3.8, 4) is 5.75 Å². The Labute approximate surface area is 76.7 Å². The lowest BCUT2D eigenvalue weighted by Crippen LogP contribution is -2.39. The molecule has 0 spiro atoms. The lowest BCUT2D eigenvalue weighted by atomic mass is 10.3. The van der Waals surface area contributed by atoms with Crippen molar-refractivity contribution in [2.45, 2.75) is 0 Å². The van der Waals surface area contributed by atoms with Crippen molar-refractivity contribution in [1.82, 2.24) is 10.5 Å². The summed E-state index contributed by atoms with van der Waals surface area (Å²) in [7, 11) is 1.55. The van der Waals surface area contributed by atoms with Crippen molar-refractivity contribution in [3.05, 3.63) is 30.3 Å². The zero-order chi connectivity index (χ0) is 10.1. The van der Waals surface area contributed by atoms with Gasteiger partial charge in [-0.1, -0.05) is 18.2 Å². The van der Waals surface area contributed by atoms with Crippen LogP contribution in [-0.2, 0) is 4.79 Å². The molecule has 1 amide bonds. The van der Waals surface area contributed by atoms with E-state index < -0.39 is 0 Å². The maximum atomic E-state index is 9.47. The van der Waals surface area contributed by atoms with Gasteiger partial charge in [-0.05, 0) is 12.1 Å². The number of hydrogen-bond donors (Lipinski definition) is 3. The molecule has 0 atom stereocenters. The van der Waals surface area contributed by atoms with Gasteiger partial charge >= 0.3 is 0 Å². The van der Waals surface area contributed by atoms with Crippen molar-refractivity contribution >= 4 is 6.41 Å². The first-order valence-electron chi connectivity index (χ1n) is 3.61. The smallest absolute Gasteiger partial charge is 0.238 e. The van der Waals surface area contributed by atoms with Crippen LogP contribution in [0.3, 0.4) is 0 Å². The first-order chi connectivity index (χ1) is 6.20. The fourth-order valence-electron chi connectivity index (χ4n) is 0.481. The number of para-hydroxylation sites is 1. The van der Waals surface area contributed by atoms with Crippen LogP contribution in [0.5, 0.6) is 5.75 Å². The molecule has 0 saturated heterocycles. The Morgan fingerprint density at radius 1 is 1.46 bits per heavy atom. The highest BCUT2D eigenvalue weighted by Crippen LogP contribution is 2.02. The van der Waals surface area contributed by atoms with Crippen molar-refractivity contribution in [2.24, 2.45) is 5.84 Å². The molecule has 5 nitrogen and oxygen atoms in total. The average Bonchev–Trinajstić information content (AvgIpc) is 2.19. The fraction of sp³-hybridized carbons (Fsp3) is 0.125. The predicted molar refractivity (Wildman–Crippen MR) is 49.3 cm³/mol. The quantitative estimate of drug-likeness (QED) is 0.258. The van der Waals surface area contributed by atoms with Gasteiger partial charge in [-0.3, -0.25) is 4.79 Å². The van der Waals surface area contributed by atoms with Crippen molar-refractivity contribution in [2.75, 3.05) is 7.05 Å². The maximum absolute atomic E-state index is 9.47. The number of nitrogens with one attached hydrogen (secondary N) is 1. The monoisotopic (exact) mass is 183 g/mol. The predicted octanol–water partition coefficient (Wildman–Crippen LogP) is -0.155. The van der Waals surface area contributed by atoms with Crippen LogP contribution in [0, 0.1) is 0 Å². The number of benzene rings is 1. The maximum Gasteiger partial charge on any atom is 0.238 e. The Morgan fingerprint density at radius 2 is 2.00 bits per heavy atom. The molecule has 1 rings (SSSR count). The van der Waals surface area contributed by atoms with Gasteiger partial charge in [-0.25, -0.2) is 16.4 Å². The number of hydrazine groups is 2. The Kier molecular flexibility index (Phi) is 6.21. The summed E-state index contributed by atoms with van der Waals surface area (Å²) in [4.78, 5) is 9.47. The largest absolute Gasteiger partial charge is 0.508 e. The third kappa shape index (κ3) is 6.79. The van der Waals surface area contributed by atoms with Gasteiger partial charge < -0.3 is 5.11 Å². The third-order valence-corrected chi connectivity index (χ3v) is 1.13. The van der Waals surface area contributed by atoms with E-state index in [1.807, 2.05) is 6.07 Å². The highest BCUT2D eigenvalue weighted by molar-refractivity contribution is 5.44. The van der Waals surface area contributed by atoms with Crippen LogP contribution in [0.1, 0.15) is 0 Å².